The maximum Gasteiger partial charge on any atom is 0.188 e. The molecule has 3 heteroatoms. The third-order valence-corrected chi connectivity index (χ3v) is 2.68. The molecule has 1 aliphatic carbocycles. The summed E-state index contributed by atoms with van der Waals surface area (Å²) in [6, 6.07) is 11.0. The van der Waals surface area contributed by atoms with Crippen LogP contribution in [0.5, 0.6) is 0 Å². The first-order valence-electron chi connectivity index (χ1n) is 5.42. The van der Waals surface area contributed by atoms with Crippen molar-refractivity contribution in [2.45, 2.75) is 25.3 Å². The number of aliphatic imine (C=N–C) groups is 1. The largest absolute Gasteiger partial charge is 0.370 e. The summed E-state index contributed by atoms with van der Waals surface area (Å²) < 4.78 is 0. The van der Waals surface area contributed by atoms with Crippen molar-refractivity contribution in [1.29, 1.82) is 0 Å². The van der Waals surface area contributed by atoms with E-state index in [1.165, 1.54) is 5.56 Å². The van der Waals surface area contributed by atoms with E-state index in [0.717, 1.165) is 13.0 Å². The zero-order chi connectivity index (χ0) is 10.7. The number of hydrogen-bond donors (Lipinski definition) is 2. The molecule has 2 unspecified atom stereocenters. The Morgan fingerprint density at radius 3 is 2.87 bits per heavy atom. The Morgan fingerprint density at radius 1 is 1.47 bits per heavy atom. The third-order valence-electron chi connectivity index (χ3n) is 2.68. The van der Waals surface area contributed by atoms with Crippen molar-refractivity contribution in [2.75, 3.05) is 6.54 Å². The molecule has 0 aliphatic heterocycles. The van der Waals surface area contributed by atoms with Crippen molar-refractivity contribution in [3.8, 4) is 0 Å². The molecular weight excluding hydrogens is 186 g/mol. The fourth-order valence-corrected chi connectivity index (χ4v) is 1.83. The van der Waals surface area contributed by atoms with E-state index in [1.807, 2.05) is 13.0 Å². The molecule has 0 saturated heterocycles. The van der Waals surface area contributed by atoms with Gasteiger partial charge < -0.3 is 11.1 Å². The Morgan fingerprint density at radius 2 is 2.20 bits per heavy atom. The average molecular weight is 203 g/mol. The minimum atomic E-state index is 0.475. The molecule has 1 saturated carbocycles. The Hall–Kier alpha value is -1.51. The van der Waals surface area contributed by atoms with Crippen LogP contribution in [0.1, 0.15) is 24.8 Å². The molecule has 2 atom stereocenters. The Bertz CT molecular complexity index is 345. The number of nitrogens with zero attached hydrogens (tertiary/aromatic N) is 1. The zero-order valence-corrected chi connectivity index (χ0v) is 8.98. The summed E-state index contributed by atoms with van der Waals surface area (Å²) in [5, 5.41) is 3.23. The van der Waals surface area contributed by atoms with Crippen molar-refractivity contribution in [2.24, 2.45) is 10.7 Å². The highest BCUT2D eigenvalue weighted by molar-refractivity contribution is 5.78. The van der Waals surface area contributed by atoms with Gasteiger partial charge in [-0.05, 0) is 18.9 Å². The number of nitrogens with two attached hydrogens (primary N) is 1. The van der Waals surface area contributed by atoms with E-state index < -0.39 is 0 Å². The van der Waals surface area contributed by atoms with Crippen molar-refractivity contribution < 1.29 is 0 Å². The van der Waals surface area contributed by atoms with Crippen LogP contribution in [0, 0.1) is 0 Å². The molecular formula is C12H17N3. The van der Waals surface area contributed by atoms with Gasteiger partial charge in [0.1, 0.15) is 0 Å². The molecule has 1 aliphatic rings. The predicted octanol–water partition coefficient (Wildman–Crippen LogP) is 1.47. The number of nitrogens with one attached hydrogen (secondary N) is 1. The Kier molecular flexibility index (Phi) is 2.90. The number of rotatable bonds is 3. The first-order chi connectivity index (χ1) is 7.31. The topological polar surface area (TPSA) is 50.4 Å². The summed E-state index contributed by atoms with van der Waals surface area (Å²) in [5.41, 5.74) is 7.09. The quantitative estimate of drug-likeness (QED) is 0.577. The molecule has 0 bridgehead atoms. The van der Waals surface area contributed by atoms with Gasteiger partial charge in [-0.3, -0.25) is 4.99 Å². The van der Waals surface area contributed by atoms with Crippen LogP contribution >= 0.6 is 0 Å². The highest BCUT2D eigenvalue weighted by atomic mass is 15.1. The van der Waals surface area contributed by atoms with Crippen LogP contribution in [0.25, 0.3) is 0 Å². The standard InChI is InChI=1S/C12H17N3/c1-2-14-12(13)15-11-8-10(11)9-6-4-3-5-7-9/h3-7,10-11H,2,8H2,1H3,(H3,13,14,15). The molecule has 0 radical (unpaired) electrons. The summed E-state index contributed by atoms with van der Waals surface area (Å²) in [5.74, 6) is 1.18. The van der Waals surface area contributed by atoms with Gasteiger partial charge in [0.15, 0.2) is 5.96 Å². The lowest BCUT2D eigenvalue weighted by Gasteiger charge is -2.04. The Labute approximate surface area is 90.4 Å². The van der Waals surface area contributed by atoms with Crippen LogP contribution < -0.4 is 11.1 Å². The van der Waals surface area contributed by atoms with Crippen molar-refractivity contribution in [3.63, 3.8) is 0 Å². The highest BCUT2D eigenvalue weighted by Crippen LogP contribution is 2.40. The maximum absolute atomic E-state index is 5.70. The first kappa shape index (κ1) is 10.0. The normalized spacial score (nSPS) is 25.0. The van der Waals surface area contributed by atoms with E-state index >= 15 is 0 Å². The summed E-state index contributed by atoms with van der Waals surface area (Å²) in [4.78, 5) is 4.12. The fraction of sp³-hybridized carbons (Fsp3) is 0.417. The van der Waals surface area contributed by atoms with E-state index in [1.54, 1.807) is 0 Å². The lowest BCUT2D eigenvalue weighted by Crippen LogP contribution is -2.34. The van der Waals surface area contributed by atoms with Gasteiger partial charge >= 0.3 is 0 Å². The van der Waals surface area contributed by atoms with Crippen LogP contribution in [0.3, 0.4) is 0 Å². The summed E-state index contributed by atoms with van der Waals surface area (Å²) in [6.07, 6.45) is 1.16. The lowest BCUT2D eigenvalue weighted by molar-refractivity contribution is 0.851. The Balaban J connectivity index is 1.89. The summed E-state index contributed by atoms with van der Waals surface area (Å²) in [7, 11) is 0. The SMILES string of the molecule is CCN=C(N)NC1CC1c1ccccc1. The first-order valence-corrected chi connectivity index (χ1v) is 5.42. The maximum atomic E-state index is 5.70. The van der Waals surface area contributed by atoms with Crippen molar-refractivity contribution >= 4 is 5.96 Å². The molecule has 1 fully saturated rings. The molecule has 0 heterocycles. The van der Waals surface area contributed by atoms with Gasteiger partial charge in [0.25, 0.3) is 0 Å². The molecule has 15 heavy (non-hydrogen) atoms. The minimum Gasteiger partial charge on any atom is -0.370 e. The fourth-order valence-electron chi connectivity index (χ4n) is 1.83. The zero-order valence-electron chi connectivity index (χ0n) is 8.98. The smallest absolute Gasteiger partial charge is 0.188 e. The predicted molar refractivity (Wildman–Crippen MR) is 62.9 cm³/mol. The van der Waals surface area contributed by atoms with Gasteiger partial charge in [-0.1, -0.05) is 30.3 Å². The molecule has 0 spiro atoms. The van der Waals surface area contributed by atoms with Gasteiger partial charge in [-0.25, -0.2) is 0 Å². The molecule has 0 amide bonds. The van der Waals surface area contributed by atoms with E-state index in [2.05, 4.69) is 34.6 Å². The second kappa shape index (κ2) is 4.34. The molecule has 1 aromatic carbocycles. The van der Waals surface area contributed by atoms with E-state index in [4.69, 9.17) is 5.73 Å². The van der Waals surface area contributed by atoms with Crippen molar-refractivity contribution in [1.82, 2.24) is 5.32 Å². The second-order valence-corrected chi connectivity index (χ2v) is 3.86. The van der Waals surface area contributed by atoms with Crippen molar-refractivity contribution in [3.05, 3.63) is 35.9 Å². The van der Waals surface area contributed by atoms with Gasteiger partial charge in [0.05, 0.1) is 0 Å². The highest BCUT2D eigenvalue weighted by Gasteiger charge is 2.38. The summed E-state index contributed by atoms with van der Waals surface area (Å²) >= 11 is 0. The van der Waals surface area contributed by atoms with E-state index in [9.17, 15) is 0 Å². The van der Waals surface area contributed by atoms with Gasteiger partial charge in [-0.15, -0.1) is 0 Å². The van der Waals surface area contributed by atoms with Crippen LogP contribution in [0.15, 0.2) is 35.3 Å². The number of benzene rings is 1. The molecule has 80 valence electrons. The van der Waals surface area contributed by atoms with E-state index in [-0.39, 0.29) is 0 Å². The average Bonchev–Trinajstić information content (AvgIpc) is 2.99. The second-order valence-electron chi connectivity index (χ2n) is 3.86. The molecule has 3 N–H and O–H groups in total. The number of hydrogen-bond acceptors (Lipinski definition) is 1. The molecule has 3 nitrogen and oxygen atoms in total. The molecule has 1 aromatic rings. The third kappa shape index (κ3) is 2.49. The molecule has 0 aromatic heterocycles. The van der Waals surface area contributed by atoms with E-state index in [0.29, 0.717) is 17.9 Å². The van der Waals surface area contributed by atoms with Crippen LogP contribution in [0.4, 0.5) is 0 Å². The van der Waals surface area contributed by atoms with Crippen LogP contribution in [0.2, 0.25) is 0 Å². The van der Waals surface area contributed by atoms with Crippen LogP contribution in [-0.4, -0.2) is 18.5 Å². The van der Waals surface area contributed by atoms with Gasteiger partial charge in [0.2, 0.25) is 0 Å². The van der Waals surface area contributed by atoms with Gasteiger partial charge in [0, 0.05) is 18.5 Å². The monoisotopic (exact) mass is 203 g/mol. The summed E-state index contributed by atoms with van der Waals surface area (Å²) in [6.45, 7) is 2.72. The lowest BCUT2D eigenvalue weighted by atomic mass is 10.1. The molecule has 2 rings (SSSR count). The number of guanidine groups is 1. The van der Waals surface area contributed by atoms with Crippen LogP contribution in [-0.2, 0) is 0 Å². The minimum absolute atomic E-state index is 0.475. The van der Waals surface area contributed by atoms with Gasteiger partial charge in [-0.2, -0.15) is 0 Å².